The van der Waals surface area contributed by atoms with Crippen LogP contribution in [-0.4, -0.2) is 5.78 Å². The van der Waals surface area contributed by atoms with Gasteiger partial charge in [-0.05, 0) is 48.1 Å². The highest BCUT2D eigenvalue weighted by atomic mass is 127. The minimum atomic E-state index is 0.00589. The molecule has 0 N–H and O–H groups in total. The van der Waals surface area contributed by atoms with Crippen molar-refractivity contribution in [1.82, 2.24) is 0 Å². The summed E-state index contributed by atoms with van der Waals surface area (Å²) in [6.45, 7) is 3.94. The van der Waals surface area contributed by atoms with Crippen molar-refractivity contribution in [3.05, 3.63) is 32.9 Å². The van der Waals surface area contributed by atoms with E-state index in [1.165, 1.54) is 0 Å². The smallest absolute Gasteiger partial charge is 0.166 e. The molecule has 84 valence electrons. The van der Waals surface area contributed by atoms with Crippen LogP contribution in [0.2, 0.25) is 0 Å². The van der Waals surface area contributed by atoms with Gasteiger partial charge in [0.1, 0.15) is 0 Å². The number of benzene rings is 1. The molecular formula is C14H15IO. The summed E-state index contributed by atoms with van der Waals surface area (Å²) in [6.07, 6.45) is 6.63. The fraction of sp³-hybridized carbons (Fsp3) is 0.357. The zero-order chi connectivity index (χ0) is 12.1. The highest BCUT2D eigenvalue weighted by molar-refractivity contribution is 14.1. The van der Waals surface area contributed by atoms with Gasteiger partial charge in [-0.3, -0.25) is 4.79 Å². The summed E-state index contributed by atoms with van der Waals surface area (Å²) in [7, 11) is 0. The Balaban J connectivity index is 2.88. The minimum Gasteiger partial charge on any atom is -0.294 e. The Bertz CT molecular complexity index is 429. The number of carbonyl (C=O) groups excluding carboxylic acids is 1. The lowest BCUT2D eigenvalue weighted by Gasteiger charge is -2.10. The van der Waals surface area contributed by atoms with Gasteiger partial charge < -0.3 is 0 Å². The van der Waals surface area contributed by atoms with Crippen LogP contribution in [0.25, 0.3) is 0 Å². The van der Waals surface area contributed by atoms with Gasteiger partial charge in [0.2, 0.25) is 0 Å². The van der Waals surface area contributed by atoms with E-state index in [0.717, 1.165) is 21.1 Å². The molecule has 16 heavy (non-hydrogen) atoms. The van der Waals surface area contributed by atoms with Gasteiger partial charge in [-0.2, -0.15) is 0 Å². The Kier molecular flexibility index (Phi) is 5.01. The predicted molar refractivity (Wildman–Crippen MR) is 75.5 cm³/mol. The van der Waals surface area contributed by atoms with E-state index in [1.54, 1.807) is 0 Å². The summed E-state index contributed by atoms with van der Waals surface area (Å²) in [5.41, 5.74) is 1.94. The van der Waals surface area contributed by atoms with Gasteiger partial charge in [0.25, 0.3) is 0 Å². The van der Waals surface area contributed by atoms with Crippen molar-refractivity contribution >= 4 is 28.4 Å². The Morgan fingerprint density at radius 2 is 2.25 bits per heavy atom. The third-order valence-corrected chi connectivity index (χ3v) is 3.50. The van der Waals surface area contributed by atoms with Crippen LogP contribution in [0, 0.1) is 28.8 Å². The van der Waals surface area contributed by atoms with E-state index in [4.69, 9.17) is 6.42 Å². The van der Waals surface area contributed by atoms with Crippen LogP contribution in [0.4, 0.5) is 0 Å². The molecule has 2 heteroatoms. The maximum absolute atomic E-state index is 12.2. The molecule has 0 aliphatic heterocycles. The number of ketones is 1. The van der Waals surface area contributed by atoms with E-state index in [0.29, 0.717) is 6.42 Å². The highest BCUT2D eigenvalue weighted by Crippen LogP contribution is 2.20. The molecule has 0 amide bonds. The van der Waals surface area contributed by atoms with Crippen LogP contribution in [0.3, 0.4) is 0 Å². The topological polar surface area (TPSA) is 17.1 Å². The minimum absolute atomic E-state index is 0.00589. The number of halogens is 1. The lowest BCUT2D eigenvalue weighted by Crippen LogP contribution is -2.12. The first-order valence-electron chi connectivity index (χ1n) is 5.30. The van der Waals surface area contributed by atoms with Gasteiger partial charge in [0, 0.05) is 21.5 Å². The van der Waals surface area contributed by atoms with Crippen molar-refractivity contribution in [2.75, 3.05) is 0 Å². The summed E-state index contributed by atoms with van der Waals surface area (Å²) in [6, 6.07) is 5.96. The number of Topliss-reactive ketones (excluding diaryl/α,β-unsaturated/α-hetero) is 1. The Morgan fingerprint density at radius 1 is 1.56 bits per heavy atom. The number of aryl methyl sites for hydroxylation is 1. The summed E-state index contributed by atoms with van der Waals surface area (Å²) in [4.78, 5) is 12.2. The second kappa shape index (κ2) is 6.05. The van der Waals surface area contributed by atoms with Crippen LogP contribution >= 0.6 is 22.6 Å². The first-order chi connectivity index (χ1) is 7.56. The summed E-state index contributed by atoms with van der Waals surface area (Å²) in [5.74, 6) is 2.78. The third kappa shape index (κ3) is 3.34. The zero-order valence-electron chi connectivity index (χ0n) is 9.59. The van der Waals surface area contributed by atoms with Crippen LogP contribution in [-0.2, 0) is 0 Å². The molecule has 1 aromatic rings. The Labute approximate surface area is 111 Å². The van der Waals surface area contributed by atoms with Crippen molar-refractivity contribution in [2.45, 2.75) is 26.7 Å². The monoisotopic (exact) mass is 326 g/mol. The molecule has 0 fully saturated rings. The standard InChI is InChI=1S/C14H15IO/c1-4-5-6-11(3)14(16)12-9-10(2)7-8-13(12)15/h1,7-9,11H,5-6H2,2-3H3. The van der Waals surface area contributed by atoms with Gasteiger partial charge in [-0.25, -0.2) is 0 Å². The predicted octanol–water partition coefficient (Wildman–Crippen LogP) is 3.83. The maximum Gasteiger partial charge on any atom is 0.166 e. The Morgan fingerprint density at radius 3 is 2.88 bits per heavy atom. The molecular weight excluding hydrogens is 311 g/mol. The number of rotatable bonds is 4. The number of carbonyl (C=O) groups is 1. The molecule has 1 rings (SSSR count). The fourth-order valence-corrected chi connectivity index (χ4v) is 2.13. The van der Waals surface area contributed by atoms with Crippen molar-refractivity contribution in [2.24, 2.45) is 5.92 Å². The first kappa shape index (κ1) is 13.2. The lowest BCUT2D eigenvalue weighted by molar-refractivity contribution is 0.0924. The second-order valence-electron chi connectivity index (χ2n) is 3.99. The van der Waals surface area contributed by atoms with Gasteiger partial charge in [-0.1, -0.05) is 18.6 Å². The van der Waals surface area contributed by atoms with Crippen molar-refractivity contribution < 1.29 is 4.79 Å². The van der Waals surface area contributed by atoms with Crippen LogP contribution in [0.15, 0.2) is 18.2 Å². The molecule has 0 bridgehead atoms. The molecule has 0 aliphatic rings. The lowest BCUT2D eigenvalue weighted by atomic mass is 9.94. The SMILES string of the molecule is C#CCCC(C)C(=O)c1cc(C)ccc1I. The van der Waals surface area contributed by atoms with Crippen molar-refractivity contribution in [1.29, 1.82) is 0 Å². The quantitative estimate of drug-likeness (QED) is 0.467. The van der Waals surface area contributed by atoms with Gasteiger partial charge in [0.05, 0.1) is 0 Å². The van der Waals surface area contributed by atoms with E-state index < -0.39 is 0 Å². The van der Waals surface area contributed by atoms with Crippen LogP contribution < -0.4 is 0 Å². The van der Waals surface area contributed by atoms with Gasteiger partial charge in [-0.15, -0.1) is 12.3 Å². The zero-order valence-corrected chi connectivity index (χ0v) is 11.7. The molecule has 1 nitrogen and oxygen atoms in total. The number of hydrogen-bond donors (Lipinski definition) is 0. The maximum atomic E-state index is 12.2. The number of hydrogen-bond acceptors (Lipinski definition) is 1. The van der Waals surface area contributed by atoms with E-state index in [-0.39, 0.29) is 11.7 Å². The average Bonchev–Trinajstić information content (AvgIpc) is 2.28. The molecule has 0 aromatic heterocycles. The van der Waals surface area contributed by atoms with Gasteiger partial charge in [0.15, 0.2) is 5.78 Å². The molecule has 0 radical (unpaired) electrons. The van der Waals surface area contributed by atoms with Crippen molar-refractivity contribution in [3.8, 4) is 12.3 Å². The molecule has 1 atom stereocenters. The van der Waals surface area contributed by atoms with E-state index >= 15 is 0 Å². The first-order valence-corrected chi connectivity index (χ1v) is 6.38. The van der Waals surface area contributed by atoms with E-state index in [1.807, 2.05) is 32.0 Å². The van der Waals surface area contributed by atoms with Crippen LogP contribution in [0.5, 0.6) is 0 Å². The summed E-state index contributed by atoms with van der Waals surface area (Å²) >= 11 is 2.20. The largest absolute Gasteiger partial charge is 0.294 e. The molecule has 0 saturated carbocycles. The second-order valence-corrected chi connectivity index (χ2v) is 5.15. The molecule has 0 heterocycles. The highest BCUT2D eigenvalue weighted by Gasteiger charge is 2.17. The van der Waals surface area contributed by atoms with E-state index in [2.05, 4.69) is 28.5 Å². The normalized spacial score (nSPS) is 11.9. The summed E-state index contributed by atoms with van der Waals surface area (Å²) < 4.78 is 1.01. The van der Waals surface area contributed by atoms with E-state index in [9.17, 15) is 4.79 Å². The third-order valence-electron chi connectivity index (χ3n) is 2.56. The average molecular weight is 326 g/mol. The molecule has 0 saturated heterocycles. The number of terminal acetylenes is 1. The molecule has 1 aromatic carbocycles. The fourth-order valence-electron chi connectivity index (χ4n) is 1.52. The van der Waals surface area contributed by atoms with Gasteiger partial charge >= 0.3 is 0 Å². The van der Waals surface area contributed by atoms with Crippen LogP contribution in [0.1, 0.15) is 35.7 Å². The molecule has 0 aliphatic carbocycles. The Hall–Kier alpha value is -0.820. The molecule has 1 unspecified atom stereocenters. The van der Waals surface area contributed by atoms with Crippen molar-refractivity contribution in [3.63, 3.8) is 0 Å². The molecule has 0 spiro atoms. The summed E-state index contributed by atoms with van der Waals surface area (Å²) in [5, 5.41) is 0.